The van der Waals surface area contributed by atoms with Crippen LogP contribution in [0.3, 0.4) is 0 Å². The van der Waals surface area contributed by atoms with Crippen molar-refractivity contribution in [2.24, 2.45) is 0 Å². The number of sulfone groups is 1. The Morgan fingerprint density at radius 1 is 1.32 bits per heavy atom. The van der Waals surface area contributed by atoms with E-state index in [4.69, 9.17) is 0 Å². The molecule has 0 saturated carbocycles. The van der Waals surface area contributed by atoms with Gasteiger partial charge in [0.15, 0.2) is 9.84 Å². The van der Waals surface area contributed by atoms with Crippen LogP contribution in [-0.4, -0.2) is 32.0 Å². The molecule has 3 nitrogen and oxygen atoms in total. The number of nitrogens with one attached hydrogen (secondary N) is 1. The lowest BCUT2D eigenvalue weighted by molar-refractivity contribution is 0.388. The van der Waals surface area contributed by atoms with Crippen LogP contribution in [0.1, 0.15) is 38.2 Å². The molecule has 1 N–H and O–H groups in total. The Labute approximate surface area is 116 Å². The van der Waals surface area contributed by atoms with E-state index in [-0.39, 0.29) is 11.3 Å². The van der Waals surface area contributed by atoms with Crippen molar-refractivity contribution in [1.82, 2.24) is 5.32 Å². The van der Waals surface area contributed by atoms with Crippen molar-refractivity contribution in [1.29, 1.82) is 0 Å². The van der Waals surface area contributed by atoms with Gasteiger partial charge in [-0.3, -0.25) is 0 Å². The maximum absolute atomic E-state index is 11.5. The molecule has 2 rings (SSSR count). The summed E-state index contributed by atoms with van der Waals surface area (Å²) < 4.78 is 23.0. The molecule has 1 saturated heterocycles. The minimum absolute atomic E-state index is 0.227. The van der Waals surface area contributed by atoms with Crippen molar-refractivity contribution in [2.45, 2.75) is 38.1 Å². The van der Waals surface area contributed by atoms with E-state index in [2.05, 4.69) is 36.5 Å². The number of rotatable bonds is 5. The van der Waals surface area contributed by atoms with Crippen LogP contribution in [0, 0.1) is 0 Å². The predicted molar refractivity (Wildman–Crippen MR) is 79.2 cm³/mol. The Morgan fingerprint density at radius 3 is 2.58 bits per heavy atom. The van der Waals surface area contributed by atoms with Crippen LogP contribution in [0.25, 0.3) is 0 Å². The third-order valence-corrected chi connectivity index (χ3v) is 5.90. The monoisotopic (exact) mass is 281 g/mol. The van der Waals surface area contributed by atoms with Crippen molar-refractivity contribution >= 4 is 9.84 Å². The summed E-state index contributed by atoms with van der Waals surface area (Å²) in [6, 6.07) is 10.4. The lowest BCUT2D eigenvalue weighted by Gasteiger charge is -2.25. The van der Waals surface area contributed by atoms with Gasteiger partial charge in [-0.25, -0.2) is 8.42 Å². The van der Waals surface area contributed by atoms with Gasteiger partial charge in [-0.1, -0.05) is 37.3 Å². The van der Waals surface area contributed by atoms with Crippen LogP contribution in [0.5, 0.6) is 0 Å². The number of benzene rings is 1. The third-order valence-electron chi connectivity index (χ3n) is 4.00. The average molecular weight is 281 g/mol. The molecule has 1 fully saturated rings. The number of hydrogen-bond donors (Lipinski definition) is 1. The summed E-state index contributed by atoms with van der Waals surface area (Å²) in [5, 5.41) is 3.44. The third kappa shape index (κ3) is 4.05. The lowest BCUT2D eigenvalue weighted by atomic mass is 9.96. The van der Waals surface area contributed by atoms with Crippen molar-refractivity contribution in [2.75, 3.05) is 18.1 Å². The molecule has 1 aliphatic rings. The van der Waals surface area contributed by atoms with Crippen LogP contribution in [0.2, 0.25) is 0 Å². The van der Waals surface area contributed by atoms with Gasteiger partial charge >= 0.3 is 0 Å². The summed E-state index contributed by atoms with van der Waals surface area (Å²) in [7, 11) is -2.82. The first-order valence-corrected chi connectivity index (χ1v) is 8.73. The Bertz CT molecular complexity index is 512. The molecular formula is C15H23NO2S. The Morgan fingerprint density at radius 2 is 2.00 bits per heavy atom. The second kappa shape index (κ2) is 5.63. The van der Waals surface area contributed by atoms with Gasteiger partial charge in [0.1, 0.15) is 0 Å². The zero-order valence-corrected chi connectivity index (χ0v) is 12.5. The van der Waals surface area contributed by atoms with Crippen molar-refractivity contribution in [3.8, 4) is 0 Å². The average Bonchev–Trinajstić information content (AvgIpc) is 2.65. The molecule has 0 amide bonds. The molecule has 0 spiro atoms. The van der Waals surface area contributed by atoms with E-state index in [1.165, 1.54) is 5.56 Å². The maximum atomic E-state index is 11.5. The molecule has 1 heterocycles. The summed E-state index contributed by atoms with van der Waals surface area (Å²) in [6.07, 6.45) is 1.76. The zero-order valence-electron chi connectivity index (χ0n) is 11.7. The minimum atomic E-state index is -2.82. The highest BCUT2D eigenvalue weighted by Gasteiger charge is 2.37. The van der Waals surface area contributed by atoms with Gasteiger partial charge in [0.05, 0.1) is 11.5 Å². The van der Waals surface area contributed by atoms with Crippen molar-refractivity contribution < 1.29 is 8.42 Å². The second-order valence-corrected chi connectivity index (χ2v) is 8.11. The molecule has 0 radical (unpaired) electrons. The van der Waals surface area contributed by atoms with Gasteiger partial charge < -0.3 is 5.32 Å². The predicted octanol–water partition coefficient (Wildman–Crippen LogP) is 2.35. The maximum Gasteiger partial charge on any atom is 0.152 e. The van der Waals surface area contributed by atoms with Gasteiger partial charge in [0.25, 0.3) is 0 Å². The Kier molecular flexibility index (Phi) is 4.31. The van der Waals surface area contributed by atoms with Crippen LogP contribution >= 0.6 is 0 Å². The number of hydrogen-bond acceptors (Lipinski definition) is 3. The second-order valence-electron chi connectivity index (χ2n) is 5.93. The van der Waals surface area contributed by atoms with Crippen LogP contribution in [0.15, 0.2) is 30.3 Å². The van der Waals surface area contributed by atoms with Gasteiger partial charge in [-0.15, -0.1) is 0 Å². The fraction of sp³-hybridized carbons (Fsp3) is 0.600. The standard InChI is InChI=1S/C15H23NO2S/c1-13(14-6-4-3-5-7-14)8-10-16-15(2)9-11-19(17,18)12-15/h3-7,13,16H,8-12H2,1-2H3. The fourth-order valence-electron chi connectivity index (χ4n) is 2.69. The van der Waals surface area contributed by atoms with Gasteiger partial charge in [-0.2, -0.15) is 0 Å². The van der Waals surface area contributed by atoms with Gasteiger partial charge in [0.2, 0.25) is 0 Å². The van der Waals surface area contributed by atoms with Crippen LogP contribution < -0.4 is 5.32 Å². The van der Waals surface area contributed by atoms with E-state index in [0.29, 0.717) is 11.7 Å². The smallest absolute Gasteiger partial charge is 0.152 e. The molecular weight excluding hydrogens is 258 g/mol. The van der Waals surface area contributed by atoms with E-state index in [0.717, 1.165) is 19.4 Å². The summed E-state index contributed by atoms with van der Waals surface area (Å²) in [5.41, 5.74) is 1.11. The fourth-order valence-corrected chi connectivity index (χ4v) is 4.81. The molecule has 2 unspecified atom stereocenters. The highest BCUT2D eigenvalue weighted by Crippen LogP contribution is 2.24. The molecule has 106 valence electrons. The Hall–Kier alpha value is -0.870. The largest absolute Gasteiger partial charge is 0.310 e. The van der Waals surface area contributed by atoms with Gasteiger partial charge in [-0.05, 0) is 37.8 Å². The van der Waals surface area contributed by atoms with Crippen molar-refractivity contribution in [3.05, 3.63) is 35.9 Å². The van der Waals surface area contributed by atoms with E-state index in [9.17, 15) is 8.42 Å². The molecule has 1 aromatic carbocycles. The molecule has 1 aliphatic heterocycles. The highest BCUT2D eigenvalue weighted by molar-refractivity contribution is 7.91. The van der Waals surface area contributed by atoms with Crippen LogP contribution in [0.4, 0.5) is 0 Å². The topological polar surface area (TPSA) is 46.2 Å². The quantitative estimate of drug-likeness (QED) is 0.901. The summed E-state index contributed by atoms with van der Waals surface area (Å²) in [6.45, 7) is 5.09. The van der Waals surface area contributed by atoms with E-state index >= 15 is 0 Å². The minimum Gasteiger partial charge on any atom is -0.310 e. The first-order chi connectivity index (χ1) is 8.90. The molecule has 0 aliphatic carbocycles. The van der Waals surface area contributed by atoms with Crippen molar-refractivity contribution in [3.63, 3.8) is 0 Å². The normalized spacial score (nSPS) is 27.3. The van der Waals surface area contributed by atoms with E-state index in [1.54, 1.807) is 0 Å². The first kappa shape index (κ1) is 14.5. The zero-order chi connectivity index (χ0) is 13.9. The Balaban J connectivity index is 1.81. The molecule has 4 heteroatoms. The van der Waals surface area contributed by atoms with Gasteiger partial charge in [0, 0.05) is 5.54 Å². The first-order valence-electron chi connectivity index (χ1n) is 6.91. The van der Waals surface area contributed by atoms with E-state index in [1.807, 2.05) is 13.0 Å². The SMILES string of the molecule is CC(CCNC1(C)CCS(=O)(=O)C1)c1ccccc1. The summed E-state index contributed by atoms with van der Waals surface area (Å²) in [5.74, 6) is 1.10. The molecule has 0 bridgehead atoms. The summed E-state index contributed by atoms with van der Waals surface area (Å²) >= 11 is 0. The van der Waals surface area contributed by atoms with Crippen LogP contribution in [-0.2, 0) is 9.84 Å². The molecule has 19 heavy (non-hydrogen) atoms. The lowest BCUT2D eigenvalue weighted by Crippen LogP contribution is -2.44. The highest BCUT2D eigenvalue weighted by atomic mass is 32.2. The molecule has 0 aromatic heterocycles. The summed E-state index contributed by atoms with van der Waals surface area (Å²) in [4.78, 5) is 0. The molecule has 2 atom stereocenters. The van der Waals surface area contributed by atoms with E-state index < -0.39 is 9.84 Å². The molecule has 1 aromatic rings.